The average Bonchev–Trinajstić information content (AvgIpc) is 2.63. The number of hydrogen-bond donors (Lipinski definition) is 0. The topological polar surface area (TPSA) is 30.7 Å². The van der Waals surface area contributed by atoms with E-state index in [4.69, 9.17) is 11.6 Å². The number of fused-ring (bicyclic) bond motifs is 1. The Morgan fingerprint density at radius 2 is 2.33 bits per heavy atom. The summed E-state index contributed by atoms with van der Waals surface area (Å²) in [7, 11) is 0. The largest absolute Gasteiger partial charge is 0.343 e. The Labute approximate surface area is 97.9 Å². The van der Waals surface area contributed by atoms with Crippen LogP contribution in [0, 0.1) is 0 Å². The second-order valence-corrected chi connectivity index (χ2v) is 4.86. The highest BCUT2D eigenvalue weighted by Gasteiger charge is 2.06. The van der Waals surface area contributed by atoms with E-state index < -0.39 is 0 Å². The maximum atomic E-state index is 6.04. The molecule has 0 N–H and O–H groups in total. The molecule has 2 aromatic heterocycles. The van der Waals surface area contributed by atoms with Crippen molar-refractivity contribution in [1.29, 1.82) is 0 Å². The Kier molecular flexibility index (Phi) is 3.49. The third-order valence-corrected chi connectivity index (χ3v) is 3.34. The Morgan fingerprint density at radius 1 is 1.47 bits per heavy atom. The molecule has 15 heavy (non-hydrogen) atoms. The van der Waals surface area contributed by atoms with Gasteiger partial charge in [-0.1, -0.05) is 18.5 Å². The molecule has 0 aliphatic carbocycles. The standard InChI is InChI=1S/C10H12ClN3S/c1-2-15-6-5-14-4-3-8-9(14)10(11)13-7-12-8/h3-4,7H,2,5-6H2,1H3. The SMILES string of the molecule is CCSCCn1ccc2ncnc(Cl)c21. The van der Waals surface area contributed by atoms with E-state index in [2.05, 4.69) is 21.5 Å². The first-order chi connectivity index (χ1) is 7.33. The maximum absolute atomic E-state index is 6.04. The smallest absolute Gasteiger partial charge is 0.156 e. The van der Waals surface area contributed by atoms with Gasteiger partial charge in [-0.05, 0) is 11.8 Å². The molecule has 2 rings (SSSR count). The first kappa shape index (κ1) is 10.8. The van der Waals surface area contributed by atoms with Gasteiger partial charge in [0, 0.05) is 18.5 Å². The van der Waals surface area contributed by atoms with Gasteiger partial charge in [-0.15, -0.1) is 0 Å². The molecule has 0 amide bonds. The number of hydrogen-bond acceptors (Lipinski definition) is 3. The predicted octanol–water partition coefficient (Wildman–Crippen LogP) is 2.84. The van der Waals surface area contributed by atoms with Crippen LogP contribution < -0.4 is 0 Å². The van der Waals surface area contributed by atoms with Gasteiger partial charge in [0.1, 0.15) is 11.8 Å². The first-order valence-electron chi connectivity index (χ1n) is 4.86. The van der Waals surface area contributed by atoms with Gasteiger partial charge in [-0.3, -0.25) is 0 Å². The van der Waals surface area contributed by atoms with Crippen LogP contribution in [-0.2, 0) is 6.54 Å². The normalized spacial score (nSPS) is 11.1. The fraction of sp³-hybridized carbons (Fsp3) is 0.400. The Balaban J connectivity index is 2.27. The number of nitrogens with zero attached hydrogens (tertiary/aromatic N) is 3. The summed E-state index contributed by atoms with van der Waals surface area (Å²) in [4.78, 5) is 8.16. The van der Waals surface area contributed by atoms with Gasteiger partial charge in [0.2, 0.25) is 0 Å². The molecule has 80 valence electrons. The number of thioether (sulfide) groups is 1. The van der Waals surface area contributed by atoms with E-state index in [1.807, 2.05) is 24.0 Å². The van der Waals surface area contributed by atoms with Crippen molar-refractivity contribution in [3.05, 3.63) is 23.7 Å². The van der Waals surface area contributed by atoms with E-state index in [-0.39, 0.29) is 0 Å². The van der Waals surface area contributed by atoms with Crippen molar-refractivity contribution in [1.82, 2.24) is 14.5 Å². The molecule has 0 aromatic carbocycles. The van der Waals surface area contributed by atoms with E-state index in [1.165, 1.54) is 6.33 Å². The van der Waals surface area contributed by atoms with Crippen LogP contribution >= 0.6 is 23.4 Å². The summed E-state index contributed by atoms with van der Waals surface area (Å²) in [6.07, 6.45) is 3.51. The molecule has 2 aromatic rings. The van der Waals surface area contributed by atoms with Gasteiger partial charge in [-0.2, -0.15) is 11.8 Å². The van der Waals surface area contributed by atoms with Gasteiger partial charge < -0.3 is 4.57 Å². The zero-order valence-electron chi connectivity index (χ0n) is 8.48. The van der Waals surface area contributed by atoms with Crippen molar-refractivity contribution in [3.8, 4) is 0 Å². The Hall–Kier alpha value is -0.740. The number of rotatable bonds is 4. The van der Waals surface area contributed by atoms with Gasteiger partial charge in [-0.25, -0.2) is 9.97 Å². The molecule has 0 saturated heterocycles. The van der Waals surface area contributed by atoms with Gasteiger partial charge in [0.15, 0.2) is 5.15 Å². The summed E-state index contributed by atoms with van der Waals surface area (Å²) >= 11 is 7.95. The summed E-state index contributed by atoms with van der Waals surface area (Å²) in [5, 5.41) is 0.534. The molecule has 3 nitrogen and oxygen atoms in total. The molecule has 0 saturated carbocycles. The van der Waals surface area contributed by atoms with E-state index in [0.717, 1.165) is 29.1 Å². The van der Waals surface area contributed by atoms with Crippen molar-refractivity contribution >= 4 is 34.4 Å². The second-order valence-electron chi connectivity index (χ2n) is 3.10. The van der Waals surface area contributed by atoms with E-state index in [0.29, 0.717) is 5.15 Å². The molecule has 0 atom stereocenters. The summed E-state index contributed by atoms with van der Waals surface area (Å²) in [6.45, 7) is 3.11. The lowest BCUT2D eigenvalue weighted by molar-refractivity contribution is 0.805. The molecular formula is C10H12ClN3S. The van der Waals surface area contributed by atoms with Crippen molar-refractivity contribution in [3.63, 3.8) is 0 Å². The molecule has 5 heteroatoms. The highest BCUT2D eigenvalue weighted by molar-refractivity contribution is 7.99. The molecule has 0 aliphatic heterocycles. The van der Waals surface area contributed by atoms with E-state index in [1.54, 1.807) is 0 Å². The third-order valence-electron chi connectivity index (χ3n) is 2.19. The first-order valence-corrected chi connectivity index (χ1v) is 6.39. The molecule has 0 fully saturated rings. The molecule has 0 aliphatic rings. The minimum atomic E-state index is 0.534. The zero-order valence-corrected chi connectivity index (χ0v) is 10.1. The quantitative estimate of drug-likeness (QED) is 0.609. The summed E-state index contributed by atoms with van der Waals surface area (Å²) in [5.74, 6) is 2.23. The van der Waals surface area contributed by atoms with Gasteiger partial charge in [0.25, 0.3) is 0 Å². The number of aromatic nitrogens is 3. The van der Waals surface area contributed by atoms with Crippen LogP contribution in [0.5, 0.6) is 0 Å². The summed E-state index contributed by atoms with van der Waals surface area (Å²) < 4.78 is 2.11. The van der Waals surface area contributed by atoms with Crippen LogP contribution in [0.3, 0.4) is 0 Å². The van der Waals surface area contributed by atoms with Crippen molar-refractivity contribution in [2.45, 2.75) is 13.5 Å². The fourth-order valence-electron chi connectivity index (χ4n) is 1.49. The molecular weight excluding hydrogens is 230 g/mol. The summed E-state index contributed by atoms with van der Waals surface area (Å²) in [5.41, 5.74) is 1.85. The minimum absolute atomic E-state index is 0.534. The van der Waals surface area contributed by atoms with Crippen LogP contribution in [0.1, 0.15) is 6.92 Å². The average molecular weight is 242 g/mol. The van der Waals surface area contributed by atoms with Crippen molar-refractivity contribution < 1.29 is 0 Å². The highest BCUT2D eigenvalue weighted by atomic mass is 35.5. The van der Waals surface area contributed by atoms with Gasteiger partial charge in [0.05, 0.1) is 5.52 Å². The Bertz CT molecular complexity index is 455. The molecule has 0 radical (unpaired) electrons. The maximum Gasteiger partial charge on any atom is 0.156 e. The van der Waals surface area contributed by atoms with Gasteiger partial charge >= 0.3 is 0 Å². The lowest BCUT2D eigenvalue weighted by Gasteiger charge is -2.04. The van der Waals surface area contributed by atoms with Crippen molar-refractivity contribution in [2.75, 3.05) is 11.5 Å². The van der Waals surface area contributed by atoms with E-state index in [9.17, 15) is 0 Å². The predicted molar refractivity (Wildman–Crippen MR) is 65.5 cm³/mol. The Morgan fingerprint density at radius 3 is 3.13 bits per heavy atom. The van der Waals surface area contributed by atoms with Crippen LogP contribution in [0.15, 0.2) is 18.6 Å². The molecule has 2 heterocycles. The highest BCUT2D eigenvalue weighted by Crippen LogP contribution is 2.20. The molecule has 0 bridgehead atoms. The summed E-state index contributed by atoms with van der Waals surface area (Å²) in [6, 6.07) is 1.97. The number of halogens is 1. The van der Waals surface area contributed by atoms with Crippen LogP contribution in [0.2, 0.25) is 5.15 Å². The van der Waals surface area contributed by atoms with Crippen molar-refractivity contribution in [2.24, 2.45) is 0 Å². The van der Waals surface area contributed by atoms with Crippen LogP contribution in [-0.4, -0.2) is 26.0 Å². The van der Waals surface area contributed by atoms with Crippen LogP contribution in [0.25, 0.3) is 11.0 Å². The lowest BCUT2D eigenvalue weighted by Crippen LogP contribution is -2.00. The lowest BCUT2D eigenvalue weighted by atomic mass is 10.4. The zero-order chi connectivity index (χ0) is 10.7. The van der Waals surface area contributed by atoms with E-state index >= 15 is 0 Å². The minimum Gasteiger partial charge on any atom is -0.343 e. The monoisotopic (exact) mass is 241 g/mol. The third kappa shape index (κ3) is 2.26. The molecule has 0 unspecified atom stereocenters. The van der Waals surface area contributed by atoms with Crippen LogP contribution in [0.4, 0.5) is 0 Å². The second kappa shape index (κ2) is 4.86. The number of aryl methyl sites for hydroxylation is 1. The fourth-order valence-corrected chi connectivity index (χ4v) is 2.35. The molecule has 0 spiro atoms.